The molecule has 2 saturated carbocycles. The minimum atomic E-state index is -0.534. The number of benzene rings is 2. The van der Waals surface area contributed by atoms with Crippen LogP contribution in [0.4, 0.5) is 0 Å². The van der Waals surface area contributed by atoms with Gasteiger partial charge in [-0.25, -0.2) is 9.97 Å². The van der Waals surface area contributed by atoms with E-state index in [2.05, 4.69) is 46.4 Å². The van der Waals surface area contributed by atoms with Gasteiger partial charge in [0, 0.05) is 42.7 Å². The number of aliphatic imine (C=N–C) groups is 1. The van der Waals surface area contributed by atoms with Crippen LogP contribution in [0.1, 0.15) is 37.7 Å². The molecule has 3 heterocycles. The van der Waals surface area contributed by atoms with Gasteiger partial charge < -0.3 is 4.90 Å². The zero-order valence-electron chi connectivity index (χ0n) is 19.6. The van der Waals surface area contributed by atoms with Crippen LogP contribution in [0.3, 0.4) is 0 Å². The minimum absolute atomic E-state index is 0.137. The number of hydrogen-bond donors (Lipinski definition) is 0. The molecule has 1 atom stereocenters. The van der Waals surface area contributed by atoms with Crippen molar-refractivity contribution in [3.63, 3.8) is 0 Å². The molecule has 7 rings (SSSR count). The van der Waals surface area contributed by atoms with Crippen LogP contribution >= 0.6 is 0 Å². The van der Waals surface area contributed by atoms with E-state index in [0.29, 0.717) is 18.4 Å². The first-order valence-corrected chi connectivity index (χ1v) is 12.6. The zero-order valence-corrected chi connectivity index (χ0v) is 19.6. The molecule has 2 aliphatic carbocycles. The second-order valence-electron chi connectivity index (χ2n) is 10.5. The molecule has 1 aromatic heterocycles. The number of hydrogen-bond acceptors (Lipinski definition) is 5. The number of amidine groups is 1. The first-order chi connectivity index (χ1) is 17.1. The molecule has 0 bridgehead atoms. The lowest BCUT2D eigenvalue weighted by Crippen LogP contribution is -2.40. The van der Waals surface area contributed by atoms with E-state index in [-0.39, 0.29) is 11.8 Å². The summed E-state index contributed by atoms with van der Waals surface area (Å²) in [6.45, 7) is 2.20. The van der Waals surface area contributed by atoms with Crippen LogP contribution in [0.25, 0.3) is 22.0 Å². The number of likely N-dealkylation sites (tertiary alicyclic amines) is 1. The minimum Gasteiger partial charge on any atom is -0.342 e. The summed E-state index contributed by atoms with van der Waals surface area (Å²) in [6, 6.07) is 14.5. The number of rotatable bonds is 5. The molecule has 7 nitrogen and oxygen atoms in total. The number of carbonyl (C=O) groups excluding carboxylic acids is 2. The molecule has 0 radical (unpaired) electrons. The van der Waals surface area contributed by atoms with Crippen LogP contribution in [-0.2, 0) is 9.59 Å². The van der Waals surface area contributed by atoms with Crippen molar-refractivity contribution in [2.75, 3.05) is 19.6 Å². The number of amides is 2. The highest BCUT2D eigenvalue weighted by Crippen LogP contribution is 2.46. The first-order valence-electron chi connectivity index (χ1n) is 12.6. The molecule has 2 aliphatic heterocycles. The molecule has 1 unspecified atom stereocenters. The van der Waals surface area contributed by atoms with Crippen LogP contribution in [-0.4, -0.2) is 62.6 Å². The monoisotopic (exact) mass is 465 g/mol. The Hall–Kier alpha value is -3.61. The van der Waals surface area contributed by atoms with Crippen LogP contribution in [0.2, 0.25) is 0 Å². The number of carbonyl (C=O) groups is 2. The second-order valence-corrected chi connectivity index (χ2v) is 10.5. The van der Waals surface area contributed by atoms with Crippen molar-refractivity contribution in [3.8, 4) is 11.1 Å². The van der Waals surface area contributed by atoms with E-state index in [1.54, 1.807) is 6.33 Å². The van der Waals surface area contributed by atoms with Crippen molar-refractivity contribution in [1.82, 2.24) is 19.8 Å². The molecule has 1 spiro atoms. The van der Waals surface area contributed by atoms with Crippen LogP contribution in [0.15, 0.2) is 60.0 Å². The van der Waals surface area contributed by atoms with Gasteiger partial charge in [0.2, 0.25) is 5.91 Å². The Labute approximate surface area is 203 Å². The van der Waals surface area contributed by atoms with Crippen LogP contribution in [0, 0.1) is 11.8 Å². The summed E-state index contributed by atoms with van der Waals surface area (Å²) in [6.07, 6.45) is 8.07. The van der Waals surface area contributed by atoms with Crippen LogP contribution < -0.4 is 0 Å². The molecular weight excluding hydrogens is 438 g/mol. The summed E-state index contributed by atoms with van der Waals surface area (Å²) in [7, 11) is 0. The Kier molecular flexibility index (Phi) is 4.56. The van der Waals surface area contributed by atoms with E-state index < -0.39 is 5.54 Å². The van der Waals surface area contributed by atoms with E-state index in [0.717, 1.165) is 78.6 Å². The van der Waals surface area contributed by atoms with Gasteiger partial charge in [0.05, 0.1) is 5.52 Å². The van der Waals surface area contributed by atoms with Gasteiger partial charge in [-0.3, -0.25) is 19.5 Å². The van der Waals surface area contributed by atoms with Gasteiger partial charge in [-0.1, -0.05) is 36.4 Å². The maximum atomic E-state index is 13.3. The number of nitrogens with zero attached hydrogens (tertiary/aromatic N) is 5. The predicted octanol–water partition coefficient (Wildman–Crippen LogP) is 3.68. The van der Waals surface area contributed by atoms with Crippen molar-refractivity contribution < 1.29 is 9.59 Å². The average molecular weight is 466 g/mol. The summed E-state index contributed by atoms with van der Waals surface area (Å²) in [5, 5.41) is 1.02. The predicted molar refractivity (Wildman–Crippen MR) is 133 cm³/mol. The smallest absolute Gasteiger partial charge is 0.256 e. The second kappa shape index (κ2) is 7.70. The third-order valence-electron chi connectivity index (χ3n) is 7.89. The summed E-state index contributed by atoms with van der Waals surface area (Å²) in [5.41, 5.74) is 3.54. The highest BCUT2D eigenvalue weighted by atomic mass is 16.2. The Morgan fingerprint density at radius 1 is 1.00 bits per heavy atom. The molecule has 2 aromatic carbocycles. The average Bonchev–Trinajstić information content (AvgIpc) is 3.82. The van der Waals surface area contributed by atoms with Gasteiger partial charge in [-0.15, -0.1) is 0 Å². The van der Waals surface area contributed by atoms with Gasteiger partial charge in [0.25, 0.3) is 5.91 Å². The molecule has 7 heteroatoms. The Morgan fingerprint density at radius 3 is 2.54 bits per heavy atom. The fraction of sp³-hybridized carbons (Fsp3) is 0.393. The van der Waals surface area contributed by atoms with Crippen molar-refractivity contribution in [1.29, 1.82) is 0 Å². The number of aromatic nitrogens is 2. The quantitative estimate of drug-likeness (QED) is 0.576. The van der Waals surface area contributed by atoms with Crippen molar-refractivity contribution >= 4 is 28.6 Å². The topological polar surface area (TPSA) is 78.8 Å². The zero-order chi connectivity index (χ0) is 23.6. The SMILES string of the molecule is O=C(C1CC1)N1CCC(CN2C(=O)C3(CC3)N=C2c2ccc(-c3ccc4cncnc4c3)cc2)C1. The summed E-state index contributed by atoms with van der Waals surface area (Å²) < 4.78 is 0. The fourth-order valence-corrected chi connectivity index (χ4v) is 5.49. The third-order valence-corrected chi connectivity index (χ3v) is 7.89. The van der Waals surface area contributed by atoms with Gasteiger partial charge in [-0.2, -0.15) is 0 Å². The molecule has 1 saturated heterocycles. The molecule has 4 aliphatic rings. The highest BCUT2D eigenvalue weighted by molar-refractivity contribution is 6.16. The van der Waals surface area contributed by atoms with Gasteiger partial charge in [0.15, 0.2) is 0 Å². The first kappa shape index (κ1) is 20.7. The van der Waals surface area contributed by atoms with Crippen molar-refractivity contribution in [2.45, 2.75) is 37.6 Å². The lowest BCUT2D eigenvalue weighted by Gasteiger charge is -2.23. The van der Waals surface area contributed by atoms with E-state index in [1.807, 2.05) is 22.1 Å². The molecule has 176 valence electrons. The van der Waals surface area contributed by atoms with Crippen molar-refractivity contribution in [2.24, 2.45) is 16.8 Å². The van der Waals surface area contributed by atoms with Crippen molar-refractivity contribution in [3.05, 3.63) is 60.6 Å². The Bertz CT molecular complexity index is 1370. The standard InChI is InChI=1S/C28H27N5O2/c34-26(21-5-6-21)32-12-9-18(15-32)16-33-25(31-28(10-11-28)27(33)35)20-3-1-19(2-4-20)22-7-8-23-14-29-17-30-24(23)13-22/h1-4,7-8,13-14,17-18,21H,5-6,9-12,15-16H2. The van der Waals surface area contributed by atoms with E-state index in [1.165, 1.54) is 0 Å². The fourth-order valence-electron chi connectivity index (χ4n) is 5.49. The lowest BCUT2D eigenvalue weighted by molar-refractivity contribution is -0.131. The Balaban J connectivity index is 1.12. The van der Waals surface area contributed by atoms with E-state index in [4.69, 9.17) is 4.99 Å². The Morgan fingerprint density at radius 2 is 1.77 bits per heavy atom. The maximum absolute atomic E-state index is 13.3. The summed E-state index contributed by atoms with van der Waals surface area (Å²) in [5.74, 6) is 1.79. The summed E-state index contributed by atoms with van der Waals surface area (Å²) >= 11 is 0. The van der Waals surface area contributed by atoms with Crippen LogP contribution in [0.5, 0.6) is 0 Å². The normalized spacial score (nSPS) is 22.8. The lowest BCUT2D eigenvalue weighted by atomic mass is 10.0. The molecule has 0 N–H and O–H groups in total. The maximum Gasteiger partial charge on any atom is 0.256 e. The van der Waals surface area contributed by atoms with E-state index in [9.17, 15) is 9.59 Å². The third kappa shape index (κ3) is 3.61. The molecule has 2 amide bonds. The molecule has 3 aromatic rings. The largest absolute Gasteiger partial charge is 0.342 e. The summed E-state index contributed by atoms with van der Waals surface area (Å²) in [4.78, 5) is 43.1. The van der Waals surface area contributed by atoms with E-state index >= 15 is 0 Å². The number of fused-ring (bicyclic) bond motifs is 1. The molecular formula is C28H27N5O2. The highest BCUT2D eigenvalue weighted by Gasteiger charge is 2.57. The molecule has 3 fully saturated rings. The van der Waals surface area contributed by atoms with Gasteiger partial charge >= 0.3 is 0 Å². The van der Waals surface area contributed by atoms with Gasteiger partial charge in [0.1, 0.15) is 17.7 Å². The molecule has 35 heavy (non-hydrogen) atoms. The van der Waals surface area contributed by atoms with Gasteiger partial charge in [-0.05, 0) is 55.2 Å².